The van der Waals surface area contributed by atoms with Gasteiger partial charge in [0.2, 0.25) is 5.91 Å². The van der Waals surface area contributed by atoms with E-state index in [1.54, 1.807) is 37.9 Å². The Morgan fingerprint density at radius 2 is 1.96 bits per heavy atom. The fourth-order valence-corrected chi connectivity index (χ4v) is 3.36. The third kappa shape index (κ3) is 5.66. The van der Waals surface area contributed by atoms with E-state index in [4.69, 9.17) is 21.1 Å². The molecule has 1 aliphatic heterocycles. The van der Waals surface area contributed by atoms with Crippen molar-refractivity contribution in [3.63, 3.8) is 0 Å². The molecule has 1 aliphatic rings. The Morgan fingerprint density at radius 3 is 2.59 bits per heavy atom. The Hall–Kier alpha value is -2.15. The smallest absolute Gasteiger partial charge is 0.307 e. The minimum Gasteiger partial charge on any atom is -0.469 e. The van der Waals surface area contributed by atoms with Crippen molar-refractivity contribution < 1.29 is 23.9 Å². The predicted molar refractivity (Wildman–Crippen MR) is 99.1 cm³/mol. The minimum absolute atomic E-state index is 0.0124. The van der Waals surface area contributed by atoms with Crippen molar-refractivity contribution >= 4 is 29.4 Å². The summed E-state index contributed by atoms with van der Waals surface area (Å²) >= 11 is 6.18. The number of aromatic nitrogens is 1. The zero-order valence-corrected chi connectivity index (χ0v) is 16.8. The van der Waals surface area contributed by atoms with Crippen molar-refractivity contribution in [3.05, 3.63) is 28.5 Å². The summed E-state index contributed by atoms with van der Waals surface area (Å²) in [7, 11) is 1.31. The van der Waals surface area contributed by atoms with E-state index in [1.807, 2.05) is 0 Å². The molecule has 0 fully saturated rings. The fraction of sp³-hybridized carbons (Fsp3) is 0.579. The summed E-state index contributed by atoms with van der Waals surface area (Å²) in [4.78, 5) is 42.2. The van der Waals surface area contributed by atoms with Gasteiger partial charge in [-0.1, -0.05) is 11.6 Å². The number of hydrogen-bond donors (Lipinski definition) is 0. The maximum absolute atomic E-state index is 12.8. The van der Waals surface area contributed by atoms with Gasteiger partial charge in [-0.2, -0.15) is 0 Å². The van der Waals surface area contributed by atoms with E-state index < -0.39 is 23.6 Å². The molecule has 2 heterocycles. The van der Waals surface area contributed by atoms with Gasteiger partial charge in [-0.05, 0) is 44.4 Å². The molecule has 1 aromatic rings. The molecule has 2 rings (SSSR count). The summed E-state index contributed by atoms with van der Waals surface area (Å²) in [6, 6.07) is 1.27. The second kappa shape index (κ2) is 8.69. The number of esters is 2. The van der Waals surface area contributed by atoms with Gasteiger partial charge in [0.1, 0.15) is 10.8 Å². The lowest BCUT2D eigenvalue weighted by atomic mass is 9.91. The number of methoxy groups -OCH3 is 1. The van der Waals surface area contributed by atoms with Crippen LogP contribution in [-0.2, 0) is 30.3 Å². The van der Waals surface area contributed by atoms with Gasteiger partial charge < -0.3 is 14.4 Å². The standard InChI is InChI=1S/C19H25ClN2O5/c1-19(2,3)27-16(24)6-5-15(23)22-10-8-13-12(7-9-21-18(13)20)14(22)11-17(25)26-4/h7,9,14H,5-6,8,10-11H2,1-4H3. The zero-order chi connectivity index (χ0) is 20.2. The molecule has 0 aliphatic carbocycles. The van der Waals surface area contributed by atoms with Gasteiger partial charge in [0.25, 0.3) is 0 Å². The van der Waals surface area contributed by atoms with Crippen LogP contribution in [0.15, 0.2) is 12.3 Å². The van der Waals surface area contributed by atoms with E-state index in [0.717, 1.165) is 11.1 Å². The molecule has 27 heavy (non-hydrogen) atoms. The highest BCUT2D eigenvalue weighted by Gasteiger charge is 2.34. The van der Waals surface area contributed by atoms with Crippen LogP contribution in [0.3, 0.4) is 0 Å². The van der Waals surface area contributed by atoms with Gasteiger partial charge in [0.15, 0.2) is 0 Å². The molecule has 1 aromatic heterocycles. The number of carbonyl (C=O) groups is 3. The minimum atomic E-state index is -0.596. The summed E-state index contributed by atoms with van der Waals surface area (Å²) in [6.45, 7) is 5.72. The summed E-state index contributed by atoms with van der Waals surface area (Å²) in [5, 5.41) is 0.378. The maximum Gasteiger partial charge on any atom is 0.307 e. The van der Waals surface area contributed by atoms with Crippen molar-refractivity contribution in [1.29, 1.82) is 0 Å². The number of fused-ring (bicyclic) bond motifs is 1. The quantitative estimate of drug-likeness (QED) is 0.562. The Labute approximate surface area is 164 Å². The molecule has 0 N–H and O–H groups in total. The highest BCUT2D eigenvalue weighted by atomic mass is 35.5. The van der Waals surface area contributed by atoms with Gasteiger partial charge in [-0.3, -0.25) is 14.4 Å². The van der Waals surface area contributed by atoms with Crippen LogP contribution in [0.4, 0.5) is 0 Å². The summed E-state index contributed by atoms with van der Waals surface area (Å²) < 4.78 is 10.0. The Balaban J connectivity index is 2.15. The second-order valence-corrected chi connectivity index (χ2v) is 7.75. The molecule has 0 aromatic carbocycles. The third-order valence-electron chi connectivity index (χ3n) is 4.25. The normalized spacial score (nSPS) is 16.5. The van der Waals surface area contributed by atoms with Crippen molar-refractivity contribution in [3.8, 4) is 0 Å². The third-order valence-corrected chi connectivity index (χ3v) is 4.57. The van der Waals surface area contributed by atoms with E-state index in [9.17, 15) is 14.4 Å². The van der Waals surface area contributed by atoms with Crippen molar-refractivity contribution in [2.45, 2.75) is 58.1 Å². The molecular weight excluding hydrogens is 372 g/mol. The topological polar surface area (TPSA) is 85.8 Å². The SMILES string of the molecule is COC(=O)CC1c2ccnc(Cl)c2CCN1C(=O)CCC(=O)OC(C)(C)C. The van der Waals surface area contributed by atoms with E-state index in [2.05, 4.69) is 4.98 Å². The van der Waals surface area contributed by atoms with Crippen LogP contribution >= 0.6 is 11.6 Å². The van der Waals surface area contributed by atoms with Gasteiger partial charge >= 0.3 is 11.9 Å². The highest BCUT2D eigenvalue weighted by Crippen LogP contribution is 2.35. The first-order chi connectivity index (χ1) is 12.6. The maximum atomic E-state index is 12.8. The monoisotopic (exact) mass is 396 g/mol. The zero-order valence-electron chi connectivity index (χ0n) is 16.1. The molecule has 0 saturated heterocycles. The molecule has 1 unspecified atom stereocenters. The molecule has 0 bridgehead atoms. The number of amides is 1. The molecule has 0 radical (unpaired) electrons. The first-order valence-electron chi connectivity index (χ1n) is 8.83. The Morgan fingerprint density at radius 1 is 1.26 bits per heavy atom. The van der Waals surface area contributed by atoms with Crippen LogP contribution in [0.1, 0.15) is 57.2 Å². The molecule has 1 atom stereocenters. The molecule has 0 saturated carbocycles. The average Bonchev–Trinajstić information content (AvgIpc) is 2.58. The fourth-order valence-electron chi connectivity index (χ4n) is 3.10. The van der Waals surface area contributed by atoms with Crippen LogP contribution in [0.2, 0.25) is 5.15 Å². The highest BCUT2D eigenvalue weighted by molar-refractivity contribution is 6.30. The van der Waals surface area contributed by atoms with Gasteiger partial charge in [-0.15, -0.1) is 0 Å². The first kappa shape index (κ1) is 21.2. The number of nitrogens with zero attached hydrogens (tertiary/aromatic N) is 2. The molecule has 1 amide bonds. The first-order valence-corrected chi connectivity index (χ1v) is 9.21. The summed E-state index contributed by atoms with van der Waals surface area (Å²) in [6.07, 6.45) is 2.11. The molecule has 7 nitrogen and oxygen atoms in total. The molecule has 0 spiro atoms. The Bertz CT molecular complexity index is 729. The predicted octanol–water partition coefficient (Wildman–Crippen LogP) is 2.85. The summed E-state index contributed by atoms with van der Waals surface area (Å²) in [5.74, 6) is -1.07. The van der Waals surface area contributed by atoms with E-state index >= 15 is 0 Å². The number of hydrogen-bond acceptors (Lipinski definition) is 6. The molecule has 8 heteroatoms. The lowest BCUT2D eigenvalue weighted by molar-refractivity contribution is -0.157. The molecule has 148 valence electrons. The Kier molecular flexibility index (Phi) is 6.81. The van der Waals surface area contributed by atoms with E-state index in [0.29, 0.717) is 18.1 Å². The van der Waals surface area contributed by atoms with Crippen LogP contribution in [-0.4, -0.2) is 47.0 Å². The largest absolute Gasteiger partial charge is 0.469 e. The van der Waals surface area contributed by atoms with E-state index in [1.165, 1.54) is 7.11 Å². The molecular formula is C19H25ClN2O5. The van der Waals surface area contributed by atoms with Crippen molar-refractivity contribution in [2.24, 2.45) is 0 Å². The van der Waals surface area contributed by atoms with Crippen molar-refractivity contribution in [1.82, 2.24) is 9.88 Å². The number of pyridine rings is 1. The number of halogens is 1. The van der Waals surface area contributed by atoms with Crippen LogP contribution in [0, 0.1) is 0 Å². The van der Waals surface area contributed by atoms with Gasteiger partial charge in [0, 0.05) is 19.2 Å². The lowest BCUT2D eigenvalue weighted by Gasteiger charge is -2.37. The lowest BCUT2D eigenvalue weighted by Crippen LogP contribution is -2.41. The van der Waals surface area contributed by atoms with E-state index in [-0.39, 0.29) is 25.2 Å². The van der Waals surface area contributed by atoms with Crippen molar-refractivity contribution in [2.75, 3.05) is 13.7 Å². The van der Waals surface area contributed by atoms with Crippen LogP contribution in [0.25, 0.3) is 0 Å². The van der Waals surface area contributed by atoms with Gasteiger partial charge in [-0.25, -0.2) is 4.98 Å². The number of rotatable bonds is 5. The van der Waals surface area contributed by atoms with Gasteiger partial charge in [0.05, 0.1) is 26.0 Å². The number of ether oxygens (including phenoxy) is 2. The van der Waals surface area contributed by atoms with Crippen LogP contribution in [0.5, 0.6) is 0 Å². The second-order valence-electron chi connectivity index (χ2n) is 7.39. The number of carbonyl (C=O) groups excluding carboxylic acids is 3. The van der Waals surface area contributed by atoms with Crippen LogP contribution < -0.4 is 0 Å². The average molecular weight is 397 g/mol. The summed E-state index contributed by atoms with van der Waals surface area (Å²) in [5.41, 5.74) is 1.03.